The zero-order valence-corrected chi connectivity index (χ0v) is 14.2. The van der Waals surface area contributed by atoms with Gasteiger partial charge in [-0.05, 0) is 55.6 Å². The molecule has 118 valence electrons. The molecule has 20 heavy (non-hydrogen) atoms. The average molecular weight is 282 g/mol. The molecule has 2 heteroatoms. The first kappa shape index (κ1) is 19.1. The minimum absolute atomic E-state index is 0.648. The van der Waals surface area contributed by atoms with E-state index >= 15 is 0 Å². The summed E-state index contributed by atoms with van der Waals surface area (Å²) in [5.41, 5.74) is 2.77. The lowest BCUT2D eigenvalue weighted by Crippen LogP contribution is -2.03. The Morgan fingerprint density at radius 2 is 1.10 bits per heavy atom. The van der Waals surface area contributed by atoms with Gasteiger partial charge in [0.2, 0.25) is 0 Å². The Morgan fingerprint density at radius 3 is 1.40 bits per heavy atom. The van der Waals surface area contributed by atoms with E-state index in [1.807, 2.05) is 12.5 Å². The molecule has 0 amide bonds. The molecule has 0 bridgehead atoms. The van der Waals surface area contributed by atoms with Gasteiger partial charge >= 0.3 is 0 Å². The second kappa shape index (κ2) is 13.1. The van der Waals surface area contributed by atoms with Crippen molar-refractivity contribution in [2.45, 2.75) is 73.1 Å². The van der Waals surface area contributed by atoms with Gasteiger partial charge in [-0.1, -0.05) is 34.6 Å². The Hall–Kier alpha value is -0.920. The van der Waals surface area contributed by atoms with Crippen LogP contribution in [0, 0.1) is 5.92 Å². The molecule has 0 saturated heterocycles. The first-order valence-electron chi connectivity index (χ1n) is 8.26. The van der Waals surface area contributed by atoms with Crippen molar-refractivity contribution in [3.05, 3.63) is 23.7 Å². The lowest BCUT2D eigenvalue weighted by atomic mass is 10.1. The van der Waals surface area contributed by atoms with Crippen LogP contribution >= 0.6 is 0 Å². The van der Waals surface area contributed by atoms with Crippen molar-refractivity contribution in [3.63, 3.8) is 0 Å². The molecule has 0 aliphatic heterocycles. The molecule has 2 nitrogen and oxygen atoms in total. The lowest BCUT2D eigenvalue weighted by molar-refractivity contribution is 0.189. The molecule has 0 fully saturated rings. The number of hydrogen-bond donors (Lipinski definition) is 0. The van der Waals surface area contributed by atoms with E-state index in [4.69, 9.17) is 9.47 Å². The normalized spacial score (nSPS) is 10.3. The highest BCUT2D eigenvalue weighted by Crippen LogP contribution is 2.11. The van der Waals surface area contributed by atoms with E-state index in [2.05, 4.69) is 34.6 Å². The Kier molecular flexibility index (Phi) is 12.5. The number of ether oxygens (including phenoxy) is 2. The van der Waals surface area contributed by atoms with E-state index in [0.29, 0.717) is 5.92 Å². The van der Waals surface area contributed by atoms with E-state index in [9.17, 15) is 0 Å². The van der Waals surface area contributed by atoms with Crippen LogP contribution < -0.4 is 0 Å². The summed E-state index contributed by atoms with van der Waals surface area (Å²) in [4.78, 5) is 0. The van der Waals surface area contributed by atoms with Crippen LogP contribution in [-0.2, 0) is 9.47 Å². The fourth-order valence-electron chi connectivity index (χ4n) is 1.87. The van der Waals surface area contributed by atoms with Gasteiger partial charge in [-0.15, -0.1) is 0 Å². The van der Waals surface area contributed by atoms with E-state index in [1.165, 1.54) is 11.1 Å². The molecule has 0 aromatic carbocycles. The van der Waals surface area contributed by atoms with Gasteiger partial charge in [0, 0.05) is 0 Å². The molecule has 0 radical (unpaired) electrons. The summed E-state index contributed by atoms with van der Waals surface area (Å²) in [7, 11) is 0. The maximum atomic E-state index is 5.61. The van der Waals surface area contributed by atoms with Crippen molar-refractivity contribution in [2.75, 3.05) is 13.2 Å². The van der Waals surface area contributed by atoms with Crippen LogP contribution in [0.15, 0.2) is 23.7 Å². The molecule has 0 aliphatic rings. The number of allylic oxidation sites excluding steroid dienone is 2. The van der Waals surface area contributed by atoms with E-state index in [1.54, 1.807) is 0 Å². The SMILES string of the molecule is CCC(=COCCC(C)CCOC=C(CC)CC)CC. The fraction of sp³-hybridized carbons (Fsp3) is 0.778. The third-order valence-electron chi connectivity index (χ3n) is 3.77. The molecule has 0 rings (SSSR count). The highest BCUT2D eigenvalue weighted by atomic mass is 16.5. The number of hydrogen-bond acceptors (Lipinski definition) is 2. The second-order valence-corrected chi connectivity index (χ2v) is 5.39. The van der Waals surface area contributed by atoms with Gasteiger partial charge in [0.25, 0.3) is 0 Å². The maximum Gasteiger partial charge on any atom is 0.0875 e. The quantitative estimate of drug-likeness (QED) is 0.330. The van der Waals surface area contributed by atoms with Crippen molar-refractivity contribution >= 4 is 0 Å². The van der Waals surface area contributed by atoms with Crippen molar-refractivity contribution in [1.29, 1.82) is 0 Å². The first-order valence-corrected chi connectivity index (χ1v) is 8.26. The Balaban J connectivity index is 3.67. The van der Waals surface area contributed by atoms with Crippen molar-refractivity contribution in [2.24, 2.45) is 5.92 Å². The van der Waals surface area contributed by atoms with Crippen molar-refractivity contribution in [1.82, 2.24) is 0 Å². The average Bonchev–Trinajstić information content (AvgIpc) is 2.47. The maximum absolute atomic E-state index is 5.61. The Morgan fingerprint density at radius 1 is 0.750 bits per heavy atom. The predicted octanol–water partition coefficient (Wildman–Crippen LogP) is 5.84. The smallest absolute Gasteiger partial charge is 0.0875 e. The summed E-state index contributed by atoms with van der Waals surface area (Å²) >= 11 is 0. The fourth-order valence-corrected chi connectivity index (χ4v) is 1.87. The molecule has 0 unspecified atom stereocenters. The van der Waals surface area contributed by atoms with E-state index in [0.717, 1.165) is 51.7 Å². The summed E-state index contributed by atoms with van der Waals surface area (Å²) in [5.74, 6) is 0.648. The topological polar surface area (TPSA) is 18.5 Å². The minimum atomic E-state index is 0.648. The van der Waals surface area contributed by atoms with Crippen LogP contribution in [0.25, 0.3) is 0 Å². The summed E-state index contributed by atoms with van der Waals surface area (Å²) in [6.45, 7) is 12.6. The van der Waals surface area contributed by atoms with Crippen LogP contribution in [0.1, 0.15) is 73.1 Å². The third-order valence-corrected chi connectivity index (χ3v) is 3.77. The molecule has 0 aliphatic carbocycles. The van der Waals surface area contributed by atoms with Gasteiger partial charge in [0.15, 0.2) is 0 Å². The van der Waals surface area contributed by atoms with E-state index in [-0.39, 0.29) is 0 Å². The molecule has 0 aromatic heterocycles. The summed E-state index contributed by atoms with van der Waals surface area (Å²) in [5, 5.41) is 0. The van der Waals surface area contributed by atoms with Crippen molar-refractivity contribution < 1.29 is 9.47 Å². The van der Waals surface area contributed by atoms with Gasteiger partial charge in [-0.3, -0.25) is 0 Å². The lowest BCUT2D eigenvalue weighted by Gasteiger charge is -2.11. The standard InChI is InChI=1S/C18H34O2/c1-6-17(7-2)14-19-12-10-16(5)11-13-20-15-18(8-3)9-4/h14-16H,6-13H2,1-5H3. The Labute approximate surface area is 126 Å². The molecule has 0 atom stereocenters. The summed E-state index contributed by atoms with van der Waals surface area (Å²) in [6, 6.07) is 0. The molecule has 0 heterocycles. The molecule has 0 N–H and O–H groups in total. The number of rotatable bonds is 12. The second-order valence-electron chi connectivity index (χ2n) is 5.39. The monoisotopic (exact) mass is 282 g/mol. The van der Waals surface area contributed by atoms with Crippen LogP contribution in [-0.4, -0.2) is 13.2 Å². The zero-order chi connectivity index (χ0) is 15.2. The summed E-state index contributed by atoms with van der Waals surface area (Å²) in [6.07, 6.45) is 10.4. The third kappa shape index (κ3) is 9.94. The van der Waals surface area contributed by atoms with Crippen LogP contribution in [0.2, 0.25) is 0 Å². The van der Waals surface area contributed by atoms with Crippen LogP contribution in [0.3, 0.4) is 0 Å². The van der Waals surface area contributed by atoms with Crippen LogP contribution in [0.4, 0.5) is 0 Å². The summed E-state index contributed by atoms with van der Waals surface area (Å²) < 4.78 is 11.2. The largest absolute Gasteiger partial charge is 0.501 e. The molecular formula is C18H34O2. The Bertz CT molecular complexity index is 239. The van der Waals surface area contributed by atoms with Crippen molar-refractivity contribution in [3.8, 4) is 0 Å². The minimum Gasteiger partial charge on any atom is -0.501 e. The van der Waals surface area contributed by atoms with Gasteiger partial charge in [0.05, 0.1) is 25.7 Å². The van der Waals surface area contributed by atoms with Gasteiger partial charge in [-0.25, -0.2) is 0 Å². The van der Waals surface area contributed by atoms with Gasteiger partial charge in [0.1, 0.15) is 0 Å². The first-order chi connectivity index (χ1) is 9.67. The van der Waals surface area contributed by atoms with Gasteiger partial charge in [-0.2, -0.15) is 0 Å². The molecule has 0 spiro atoms. The molecule has 0 saturated carbocycles. The predicted molar refractivity (Wildman–Crippen MR) is 87.6 cm³/mol. The van der Waals surface area contributed by atoms with E-state index < -0.39 is 0 Å². The highest BCUT2D eigenvalue weighted by molar-refractivity contribution is 4.95. The molecular weight excluding hydrogens is 248 g/mol. The van der Waals surface area contributed by atoms with Crippen LogP contribution in [0.5, 0.6) is 0 Å². The zero-order valence-electron chi connectivity index (χ0n) is 14.2. The highest BCUT2D eigenvalue weighted by Gasteiger charge is 2.02. The molecule has 0 aromatic rings. The van der Waals surface area contributed by atoms with Gasteiger partial charge < -0.3 is 9.47 Å².